The van der Waals surface area contributed by atoms with Gasteiger partial charge in [0.1, 0.15) is 0 Å². The Morgan fingerprint density at radius 3 is 1.82 bits per heavy atom. The van der Waals surface area contributed by atoms with Crippen molar-refractivity contribution in [3.8, 4) is 0 Å². The van der Waals surface area contributed by atoms with Gasteiger partial charge in [-0.05, 0) is 24.6 Å². The molecule has 1 aliphatic rings. The van der Waals surface area contributed by atoms with Gasteiger partial charge < -0.3 is 4.90 Å². The van der Waals surface area contributed by atoms with Gasteiger partial charge >= 0.3 is 0 Å². The van der Waals surface area contributed by atoms with Crippen LogP contribution in [0.3, 0.4) is 0 Å². The van der Waals surface area contributed by atoms with Gasteiger partial charge in [0.25, 0.3) is 0 Å². The lowest BCUT2D eigenvalue weighted by Gasteiger charge is -2.33. The number of para-hydroxylation sites is 2. The third-order valence-electron chi connectivity index (χ3n) is 3.36. The maximum atomic E-state index is 4.24. The first-order valence-electron chi connectivity index (χ1n) is 5.98. The van der Waals surface area contributed by atoms with Gasteiger partial charge in [0.2, 0.25) is 0 Å². The molecule has 0 saturated heterocycles. The fraction of sp³-hybridized carbons (Fsp3) is 0.125. The summed E-state index contributed by atoms with van der Waals surface area (Å²) in [6.07, 6.45) is 0. The van der Waals surface area contributed by atoms with Gasteiger partial charge in [-0.1, -0.05) is 43.0 Å². The molecule has 0 unspecified atom stereocenters. The number of hydrogen-bond donors (Lipinski definition) is 0. The summed E-state index contributed by atoms with van der Waals surface area (Å²) in [5.74, 6) is 0. The smallest absolute Gasteiger partial charge is 0.0490 e. The Balaban J connectivity index is 2.29. The van der Waals surface area contributed by atoms with Crippen LogP contribution in [0.15, 0.2) is 55.1 Å². The SMILES string of the molecule is C=C1c2ccccc2N(CC)c2ccccc21. The van der Waals surface area contributed by atoms with E-state index in [4.69, 9.17) is 0 Å². The van der Waals surface area contributed by atoms with Crippen LogP contribution in [0.4, 0.5) is 11.4 Å². The first-order chi connectivity index (χ1) is 8.33. The predicted octanol–water partition coefficient (Wildman–Crippen LogP) is 4.22. The van der Waals surface area contributed by atoms with Crippen molar-refractivity contribution in [1.82, 2.24) is 0 Å². The van der Waals surface area contributed by atoms with Gasteiger partial charge in [-0.25, -0.2) is 0 Å². The zero-order valence-electron chi connectivity index (χ0n) is 9.98. The Morgan fingerprint density at radius 2 is 1.35 bits per heavy atom. The van der Waals surface area contributed by atoms with E-state index >= 15 is 0 Å². The third kappa shape index (κ3) is 1.39. The van der Waals surface area contributed by atoms with Crippen molar-refractivity contribution in [3.63, 3.8) is 0 Å². The summed E-state index contributed by atoms with van der Waals surface area (Å²) in [4.78, 5) is 2.35. The van der Waals surface area contributed by atoms with Crippen LogP contribution < -0.4 is 4.90 Å². The molecular formula is C16H15N. The summed E-state index contributed by atoms with van der Waals surface area (Å²) in [5.41, 5.74) is 6.14. The van der Waals surface area contributed by atoms with E-state index in [1.807, 2.05) is 0 Å². The van der Waals surface area contributed by atoms with Gasteiger partial charge in [-0.3, -0.25) is 0 Å². The second-order valence-corrected chi connectivity index (χ2v) is 4.26. The predicted molar refractivity (Wildman–Crippen MR) is 73.7 cm³/mol. The molecule has 0 aliphatic carbocycles. The lowest BCUT2D eigenvalue weighted by atomic mass is 9.91. The van der Waals surface area contributed by atoms with Crippen molar-refractivity contribution in [2.75, 3.05) is 11.4 Å². The molecule has 1 heterocycles. The molecule has 1 heteroatoms. The zero-order chi connectivity index (χ0) is 11.8. The van der Waals surface area contributed by atoms with Crippen LogP contribution in [-0.4, -0.2) is 6.54 Å². The molecule has 1 nitrogen and oxygen atoms in total. The van der Waals surface area contributed by atoms with Crippen LogP contribution in [0.5, 0.6) is 0 Å². The Bertz CT molecular complexity index is 534. The minimum absolute atomic E-state index is 0.974. The molecule has 3 rings (SSSR count). The molecule has 2 aromatic carbocycles. The van der Waals surface area contributed by atoms with Crippen LogP contribution in [0.1, 0.15) is 18.1 Å². The zero-order valence-corrected chi connectivity index (χ0v) is 9.98. The van der Waals surface area contributed by atoms with Gasteiger partial charge in [0, 0.05) is 29.0 Å². The van der Waals surface area contributed by atoms with Crippen LogP contribution >= 0.6 is 0 Å². The van der Waals surface area contributed by atoms with E-state index in [0.29, 0.717) is 0 Å². The minimum atomic E-state index is 0.974. The Morgan fingerprint density at radius 1 is 0.882 bits per heavy atom. The number of fused-ring (bicyclic) bond motifs is 2. The highest BCUT2D eigenvalue weighted by Gasteiger charge is 2.22. The fourth-order valence-corrected chi connectivity index (χ4v) is 2.54. The summed E-state index contributed by atoms with van der Waals surface area (Å²) < 4.78 is 0. The first kappa shape index (κ1) is 10.2. The van der Waals surface area contributed by atoms with Crippen molar-refractivity contribution in [1.29, 1.82) is 0 Å². The van der Waals surface area contributed by atoms with Gasteiger partial charge in [0.05, 0.1) is 0 Å². The topological polar surface area (TPSA) is 3.24 Å². The quantitative estimate of drug-likeness (QED) is 0.697. The highest BCUT2D eigenvalue weighted by Crippen LogP contribution is 2.43. The highest BCUT2D eigenvalue weighted by atomic mass is 15.1. The van der Waals surface area contributed by atoms with Gasteiger partial charge in [0.15, 0.2) is 0 Å². The second-order valence-electron chi connectivity index (χ2n) is 4.26. The number of anilines is 2. The van der Waals surface area contributed by atoms with Crippen LogP contribution in [0.25, 0.3) is 5.57 Å². The summed E-state index contributed by atoms with van der Waals surface area (Å²) >= 11 is 0. The summed E-state index contributed by atoms with van der Waals surface area (Å²) in [7, 11) is 0. The lowest BCUT2D eigenvalue weighted by molar-refractivity contribution is 1.01. The molecule has 0 bridgehead atoms. The minimum Gasteiger partial charge on any atom is -0.341 e. The first-order valence-corrected chi connectivity index (χ1v) is 5.98. The normalized spacial score (nSPS) is 13.2. The Hall–Kier alpha value is -2.02. The standard InChI is InChI=1S/C16H15N/c1-3-17-15-10-6-4-8-13(15)12(2)14-9-5-7-11-16(14)17/h4-11H,2-3H2,1H3. The molecular weight excluding hydrogens is 206 g/mol. The van der Waals surface area contributed by atoms with E-state index < -0.39 is 0 Å². The van der Waals surface area contributed by atoms with E-state index in [2.05, 4.69) is 66.9 Å². The van der Waals surface area contributed by atoms with Crippen LogP contribution in [-0.2, 0) is 0 Å². The largest absolute Gasteiger partial charge is 0.341 e. The highest BCUT2D eigenvalue weighted by molar-refractivity contribution is 5.96. The molecule has 0 amide bonds. The maximum absolute atomic E-state index is 4.24. The molecule has 1 aliphatic heterocycles. The van der Waals surface area contributed by atoms with E-state index in [1.165, 1.54) is 22.5 Å². The number of nitrogens with zero attached hydrogens (tertiary/aromatic N) is 1. The molecule has 0 saturated carbocycles. The second kappa shape index (κ2) is 3.77. The van der Waals surface area contributed by atoms with Crippen LogP contribution in [0.2, 0.25) is 0 Å². The van der Waals surface area contributed by atoms with Crippen molar-refractivity contribution in [3.05, 3.63) is 66.2 Å². The fourth-order valence-electron chi connectivity index (χ4n) is 2.54. The van der Waals surface area contributed by atoms with Crippen molar-refractivity contribution < 1.29 is 0 Å². The van der Waals surface area contributed by atoms with E-state index in [9.17, 15) is 0 Å². The van der Waals surface area contributed by atoms with Gasteiger partial charge in [-0.2, -0.15) is 0 Å². The molecule has 0 atom stereocenters. The molecule has 0 aromatic heterocycles. The van der Waals surface area contributed by atoms with Crippen molar-refractivity contribution >= 4 is 16.9 Å². The van der Waals surface area contributed by atoms with E-state index in [-0.39, 0.29) is 0 Å². The summed E-state index contributed by atoms with van der Waals surface area (Å²) in [6, 6.07) is 17.0. The van der Waals surface area contributed by atoms with E-state index in [0.717, 1.165) is 12.1 Å². The van der Waals surface area contributed by atoms with Crippen LogP contribution in [0, 0.1) is 0 Å². The lowest BCUT2D eigenvalue weighted by Crippen LogP contribution is -2.22. The molecule has 0 N–H and O–H groups in total. The molecule has 0 radical (unpaired) electrons. The average molecular weight is 221 g/mol. The monoisotopic (exact) mass is 221 g/mol. The molecule has 17 heavy (non-hydrogen) atoms. The molecule has 0 spiro atoms. The number of hydrogen-bond acceptors (Lipinski definition) is 1. The Kier molecular flexibility index (Phi) is 2.25. The van der Waals surface area contributed by atoms with Crippen molar-refractivity contribution in [2.45, 2.75) is 6.92 Å². The number of benzene rings is 2. The average Bonchev–Trinajstić information content (AvgIpc) is 2.40. The summed E-state index contributed by atoms with van der Waals surface area (Å²) in [5, 5.41) is 0. The summed E-state index contributed by atoms with van der Waals surface area (Å²) in [6.45, 7) is 7.39. The molecule has 2 aromatic rings. The molecule has 84 valence electrons. The third-order valence-corrected chi connectivity index (χ3v) is 3.36. The van der Waals surface area contributed by atoms with E-state index in [1.54, 1.807) is 0 Å². The van der Waals surface area contributed by atoms with Gasteiger partial charge in [-0.15, -0.1) is 0 Å². The van der Waals surface area contributed by atoms with Crippen molar-refractivity contribution in [2.24, 2.45) is 0 Å². The number of rotatable bonds is 1. The maximum Gasteiger partial charge on any atom is 0.0490 e. The molecule has 0 fully saturated rings. The Labute approximate surface area is 102 Å².